The molecule has 4 heterocycles. The van der Waals surface area contributed by atoms with Gasteiger partial charge in [0.1, 0.15) is 73.2 Å². The normalized spacial score (nSPS) is 47.7. The highest BCUT2D eigenvalue weighted by Crippen LogP contribution is 2.35. The first kappa shape index (κ1) is 41.0. The lowest BCUT2D eigenvalue weighted by molar-refractivity contribution is -0.378. The minimum absolute atomic E-state index is 1.000. The third-order valence-electron chi connectivity index (χ3n) is 8.53. The quantitative estimate of drug-likeness (QED) is 0.0881. The minimum atomic E-state index is -2.40. The molecule has 25 nitrogen and oxygen atoms in total. The largest absolute Gasteiger partial charge is 0.479 e. The molecule has 0 spiro atoms. The maximum atomic E-state index is 12.2. The van der Waals surface area contributed by atoms with Crippen molar-refractivity contribution in [2.24, 2.45) is 0 Å². The summed E-state index contributed by atoms with van der Waals surface area (Å²) in [6.07, 6.45) is -43.0. The number of ether oxygens (including phenoxy) is 9. The number of aliphatic carboxylic acids is 4. The second-order valence-electron chi connectivity index (χ2n) is 11.7. The van der Waals surface area contributed by atoms with E-state index in [-0.39, 0.29) is 0 Å². The van der Waals surface area contributed by atoms with Gasteiger partial charge in [-0.3, -0.25) is 0 Å². The van der Waals surface area contributed by atoms with Gasteiger partial charge in [0, 0.05) is 14.2 Å². The van der Waals surface area contributed by atoms with Crippen LogP contribution in [-0.4, -0.2) is 222 Å². The molecule has 4 fully saturated rings. The first-order valence-corrected chi connectivity index (χ1v) is 14.9. The van der Waals surface area contributed by atoms with Crippen LogP contribution in [0.25, 0.3) is 0 Å². The standard InChI is InChI=1S/C26H38O25/c1-43-11-3(27)8(32)24(49-15(11)19(35)36)46-13-5(29)10(34)26(51-17(13)21(39)40)47-14-6(30)9(33)25(50-18(14)22(41)42)45-12-4(28)7(31)23(44-2)48-16(12)20(37)38/h3-18,23-34H,1-2H3,(H,35,36)(H,37,38)(H,39,40)(H,41,42)/t3?,4?,5?,6?,7-,8-,9+,10?,11-,12-,13-,14-,15?,16+,17+,18?,23+,24+,25+,26+/m0/s1. The molecule has 0 radical (unpaired) electrons. The van der Waals surface area contributed by atoms with E-state index in [2.05, 4.69) is 0 Å². The molecule has 0 aliphatic carbocycles. The first-order valence-electron chi connectivity index (χ1n) is 14.9. The van der Waals surface area contributed by atoms with E-state index in [1.807, 2.05) is 0 Å². The number of carbonyl (C=O) groups is 4. The van der Waals surface area contributed by atoms with Crippen LogP contribution in [0.15, 0.2) is 0 Å². The third-order valence-corrected chi connectivity index (χ3v) is 8.53. The van der Waals surface area contributed by atoms with Gasteiger partial charge in [0.2, 0.25) is 0 Å². The Hall–Kier alpha value is -2.80. The summed E-state index contributed by atoms with van der Waals surface area (Å²) in [6, 6.07) is 0. The topological polar surface area (TPSA) is 394 Å². The van der Waals surface area contributed by atoms with Crippen molar-refractivity contribution in [2.45, 2.75) is 123 Å². The van der Waals surface area contributed by atoms with Gasteiger partial charge >= 0.3 is 23.9 Å². The molecule has 20 atom stereocenters. The van der Waals surface area contributed by atoms with Crippen molar-refractivity contribution in [1.82, 2.24) is 0 Å². The summed E-state index contributed by atoms with van der Waals surface area (Å²) in [6.45, 7) is 0. The van der Waals surface area contributed by atoms with Gasteiger partial charge in [0.05, 0.1) is 0 Å². The Balaban J connectivity index is 1.51. The van der Waals surface area contributed by atoms with Crippen LogP contribution in [0.2, 0.25) is 0 Å². The second-order valence-corrected chi connectivity index (χ2v) is 11.7. The number of methoxy groups -OCH3 is 2. The average Bonchev–Trinajstić information content (AvgIpc) is 3.07. The zero-order chi connectivity index (χ0) is 38.2. The van der Waals surface area contributed by atoms with Crippen LogP contribution in [0.5, 0.6) is 0 Å². The van der Waals surface area contributed by atoms with Gasteiger partial charge in [-0.05, 0) is 0 Å². The van der Waals surface area contributed by atoms with Crippen molar-refractivity contribution < 1.29 is 123 Å². The number of hydrogen-bond acceptors (Lipinski definition) is 21. The van der Waals surface area contributed by atoms with Gasteiger partial charge in [-0.25, -0.2) is 19.2 Å². The first-order chi connectivity index (χ1) is 23.9. The summed E-state index contributed by atoms with van der Waals surface area (Å²) in [5.41, 5.74) is 0. The molecule has 0 aromatic carbocycles. The second kappa shape index (κ2) is 16.5. The number of aliphatic hydroxyl groups excluding tert-OH is 8. The third kappa shape index (κ3) is 8.09. The van der Waals surface area contributed by atoms with Crippen molar-refractivity contribution in [1.29, 1.82) is 0 Å². The Bertz CT molecular complexity index is 1250. The van der Waals surface area contributed by atoms with Gasteiger partial charge in [-0.1, -0.05) is 0 Å². The number of hydrogen-bond donors (Lipinski definition) is 12. The van der Waals surface area contributed by atoms with Crippen LogP contribution >= 0.6 is 0 Å². The van der Waals surface area contributed by atoms with Crippen molar-refractivity contribution in [3.8, 4) is 0 Å². The van der Waals surface area contributed by atoms with Gasteiger partial charge in [-0.2, -0.15) is 0 Å². The predicted octanol–water partition coefficient (Wildman–Crippen LogP) is -8.07. The fraction of sp³-hybridized carbons (Fsp3) is 0.846. The summed E-state index contributed by atoms with van der Waals surface area (Å²) >= 11 is 0. The molecular weight excluding hydrogens is 712 g/mol. The van der Waals surface area contributed by atoms with E-state index in [0.29, 0.717) is 0 Å². The molecule has 292 valence electrons. The molecule has 7 unspecified atom stereocenters. The highest BCUT2D eigenvalue weighted by Gasteiger charge is 2.58. The Morgan fingerprint density at radius 2 is 0.608 bits per heavy atom. The van der Waals surface area contributed by atoms with Crippen LogP contribution in [0.4, 0.5) is 0 Å². The molecule has 0 aromatic rings. The molecule has 51 heavy (non-hydrogen) atoms. The SMILES string of the molecule is CO[C@@H]1C(C(=O)O)O[C@@H](O[C@H]2C(O)C(O)[C@H](O[C@@H]3C(C(=O)O)O[C@@H](O[C@H]4C(O)[C@H](O)[C@H](OC)O[C@H]4C(=O)O)[C@H](O)C3O)O[C@H]2C(=O)O)[C@@H](O)C1O. The lowest BCUT2D eigenvalue weighted by Crippen LogP contribution is -2.68. The maximum absolute atomic E-state index is 12.2. The minimum Gasteiger partial charge on any atom is -0.479 e. The summed E-state index contributed by atoms with van der Waals surface area (Å²) in [5.74, 6) is -7.32. The van der Waals surface area contributed by atoms with E-state index in [0.717, 1.165) is 14.2 Å². The summed E-state index contributed by atoms with van der Waals surface area (Å²) in [4.78, 5) is 47.8. The van der Waals surface area contributed by atoms with Gasteiger partial charge in [0.25, 0.3) is 0 Å². The van der Waals surface area contributed by atoms with Crippen molar-refractivity contribution in [3.05, 3.63) is 0 Å². The molecule has 12 N–H and O–H groups in total. The summed E-state index contributed by atoms with van der Waals surface area (Å²) in [7, 11) is 2.02. The fourth-order valence-electron chi connectivity index (χ4n) is 5.86. The van der Waals surface area contributed by atoms with E-state index >= 15 is 0 Å². The predicted molar refractivity (Wildman–Crippen MR) is 146 cm³/mol. The summed E-state index contributed by atoms with van der Waals surface area (Å²) < 4.78 is 46.0. The van der Waals surface area contributed by atoms with E-state index in [1.165, 1.54) is 0 Å². The zero-order valence-corrected chi connectivity index (χ0v) is 26.2. The van der Waals surface area contributed by atoms with Crippen molar-refractivity contribution >= 4 is 23.9 Å². The van der Waals surface area contributed by atoms with Crippen LogP contribution in [0.1, 0.15) is 0 Å². The van der Waals surface area contributed by atoms with Crippen LogP contribution in [0, 0.1) is 0 Å². The molecule has 4 saturated heterocycles. The Kier molecular flexibility index (Phi) is 13.2. The molecule has 0 bridgehead atoms. The number of rotatable bonds is 12. The van der Waals surface area contributed by atoms with Crippen LogP contribution in [0.3, 0.4) is 0 Å². The monoisotopic (exact) mass is 750 g/mol. The molecule has 4 rings (SSSR count). The maximum Gasteiger partial charge on any atom is 0.335 e. The molecule has 25 heteroatoms. The Morgan fingerprint density at radius 3 is 0.863 bits per heavy atom. The van der Waals surface area contributed by atoms with Crippen molar-refractivity contribution in [3.63, 3.8) is 0 Å². The van der Waals surface area contributed by atoms with Gasteiger partial charge < -0.3 is 104 Å². The molecule has 4 aliphatic heterocycles. The van der Waals surface area contributed by atoms with Gasteiger partial charge in [-0.15, -0.1) is 0 Å². The van der Waals surface area contributed by atoms with Crippen molar-refractivity contribution in [2.75, 3.05) is 14.2 Å². The molecule has 0 saturated carbocycles. The Labute approximate surface area is 284 Å². The van der Waals surface area contributed by atoms with Crippen LogP contribution in [-0.2, 0) is 61.8 Å². The van der Waals surface area contributed by atoms with E-state index < -0.39 is 147 Å². The fourth-order valence-corrected chi connectivity index (χ4v) is 5.86. The van der Waals surface area contributed by atoms with E-state index in [1.54, 1.807) is 0 Å². The van der Waals surface area contributed by atoms with Gasteiger partial charge in [0.15, 0.2) is 49.6 Å². The molecule has 0 aromatic heterocycles. The number of aliphatic hydroxyl groups is 8. The lowest BCUT2D eigenvalue weighted by Gasteiger charge is -2.48. The van der Waals surface area contributed by atoms with Crippen LogP contribution < -0.4 is 0 Å². The zero-order valence-electron chi connectivity index (χ0n) is 26.2. The smallest absolute Gasteiger partial charge is 0.335 e. The molecule has 0 amide bonds. The molecule has 4 aliphatic rings. The Morgan fingerprint density at radius 1 is 0.373 bits per heavy atom. The number of carboxylic acids is 4. The van der Waals surface area contributed by atoms with E-state index in [9.17, 15) is 80.5 Å². The highest BCUT2D eigenvalue weighted by molar-refractivity contribution is 5.75. The highest BCUT2D eigenvalue weighted by atomic mass is 16.8. The average molecular weight is 751 g/mol. The number of carboxylic acid groups (broad SMARTS) is 4. The summed E-state index contributed by atoms with van der Waals surface area (Å²) in [5, 5.41) is 123. The van der Waals surface area contributed by atoms with E-state index in [4.69, 9.17) is 42.6 Å². The lowest BCUT2D eigenvalue weighted by atomic mass is 9.95. The molecular formula is C26H38O25.